The molecule has 1 aliphatic rings. The molecular formula is C13H15N3O5. The average molecular weight is 293 g/mol. The minimum atomic E-state index is -1.29. The second-order valence-corrected chi connectivity index (χ2v) is 4.90. The monoisotopic (exact) mass is 293 g/mol. The Bertz CT molecular complexity index is 742. The molecule has 1 fully saturated rings. The summed E-state index contributed by atoms with van der Waals surface area (Å²) in [5.41, 5.74) is 0.199. The van der Waals surface area contributed by atoms with E-state index in [0.29, 0.717) is 13.2 Å². The van der Waals surface area contributed by atoms with E-state index in [1.54, 1.807) is 6.07 Å². The highest BCUT2D eigenvalue weighted by molar-refractivity contribution is 5.89. The van der Waals surface area contributed by atoms with Crippen molar-refractivity contribution in [2.24, 2.45) is 0 Å². The zero-order valence-electron chi connectivity index (χ0n) is 11.5. The Morgan fingerprint density at radius 2 is 2.24 bits per heavy atom. The van der Waals surface area contributed by atoms with Gasteiger partial charge in [0.25, 0.3) is 0 Å². The highest BCUT2D eigenvalue weighted by Crippen LogP contribution is 2.26. The van der Waals surface area contributed by atoms with Gasteiger partial charge in [-0.25, -0.2) is 9.78 Å². The molecule has 0 spiro atoms. The maximum Gasteiger partial charge on any atom is 0.358 e. The molecule has 0 amide bonds. The van der Waals surface area contributed by atoms with E-state index in [9.17, 15) is 9.59 Å². The van der Waals surface area contributed by atoms with Crippen LogP contribution in [0.15, 0.2) is 10.9 Å². The average Bonchev–Trinajstić information content (AvgIpc) is 2.92. The number of carboxylic acid groups (broad SMARTS) is 1. The first kappa shape index (κ1) is 13.6. The van der Waals surface area contributed by atoms with Crippen LogP contribution in [-0.4, -0.2) is 46.0 Å². The van der Waals surface area contributed by atoms with Crippen LogP contribution in [0.3, 0.4) is 0 Å². The van der Waals surface area contributed by atoms with E-state index < -0.39 is 11.5 Å². The molecule has 0 aliphatic carbocycles. The second kappa shape index (κ2) is 5.21. The quantitative estimate of drug-likeness (QED) is 0.859. The molecule has 1 saturated heterocycles. The standard InChI is InChI=1S/C13H15N3O5/c1-20-11-10(13(18)19)14-9-6-8(15-16(9)12(11)17)7-2-4-21-5-3-7/h6-7,15H,2-5H2,1H3,(H,18,19). The fourth-order valence-electron chi connectivity index (χ4n) is 2.57. The van der Waals surface area contributed by atoms with Crippen LogP contribution in [0.1, 0.15) is 34.9 Å². The molecule has 0 bridgehead atoms. The first-order chi connectivity index (χ1) is 10.1. The summed E-state index contributed by atoms with van der Waals surface area (Å²) in [5, 5.41) is 12.1. The highest BCUT2D eigenvalue weighted by atomic mass is 16.5. The van der Waals surface area contributed by atoms with Crippen LogP contribution in [0.5, 0.6) is 5.75 Å². The van der Waals surface area contributed by atoms with Gasteiger partial charge in [-0.05, 0) is 12.8 Å². The van der Waals surface area contributed by atoms with Crippen molar-refractivity contribution < 1.29 is 19.4 Å². The number of H-pyrrole nitrogens is 1. The van der Waals surface area contributed by atoms with Crippen LogP contribution in [-0.2, 0) is 4.74 Å². The molecule has 0 saturated carbocycles. The van der Waals surface area contributed by atoms with Gasteiger partial charge in [-0.3, -0.25) is 9.89 Å². The molecule has 3 heterocycles. The van der Waals surface area contributed by atoms with E-state index in [1.165, 1.54) is 11.6 Å². The molecule has 0 atom stereocenters. The summed E-state index contributed by atoms with van der Waals surface area (Å²) < 4.78 is 11.4. The van der Waals surface area contributed by atoms with Gasteiger partial charge in [-0.1, -0.05) is 0 Å². The van der Waals surface area contributed by atoms with Gasteiger partial charge in [0.15, 0.2) is 11.3 Å². The van der Waals surface area contributed by atoms with Gasteiger partial charge in [0, 0.05) is 30.9 Å². The largest absolute Gasteiger partial charge is 0.489 e. The molecule has 112 valence electrons. The molecule has 2 aromatic heterocycles. The number of hydrogen-bond acceptors (Lipinski definition) is 5. The van der Waals surface area contributed by atoms with Crippen LogP contribution < -0.4 is 10.3 Å². The molecule has 3 rings (SSSR count). The molecule has 2 N–H and O–H groups in total. The van der Waals surface area contributed by atoms with Crippen molar-refractivity contribution in [1.29, 1.82) is 0 Å². The topological polar surface area (TPSA) is 106 Å². The van der Waals surface area contributed by atoms with Crippen molar-refractivity contribution in [3.05, 3.63) is 27.8 Å². The zero-order valence-corrected chi connectivity index (χ0v) is 11.5. The lowest BCUT2D eigenvalue weighted by atomic mass is 9.97. The molecular weight excluding hydrogens is 278 g/mol. The van der Waals surface area contributed by atoms with Crippen molar-refractivity contribution in [1.82, 2.24) is 14.6 Å². The van der Waals surface area contributed by atoms with E-state index in [-0.39, 0.29) is 23.0 Å². The van der Waals surface area contributed by atoms with Crippen LogP contribution in [0, 0.1) is 0 Å². The number of carboxylic acids is 1. The number of rotatable bonds is 3. The number of nitrogens with zero attached hydrogens (tertiary/aromatic N) is 2. The molecule has 8 nitrogen and oxygen atoms in total. The van der Waals surface area contributed by atoms with Crippen LogP contribution >= 0.6 is 0 Å². The zero-order chi connectivity index (χ0) is 15.0. The van der Waals surface area contributed by atoms with E-state index in [0.717, 1.165) is 18.5 Å². The van der Waals surface area contributed by atoms with Gasteiger partial charge in [-0.2, -0.15) is 4.52 Å². The summed E-state index contributed by atoms with van der Waals surface area (Å²) in [6.07, 6.45) is 1.70. The summed E-state index contributed by atoms with van der Waals surface area (Å²) in [7, 11) is 1.25. The third-order valence-corrected chi connectivity index (χ3v) is 3.66. The van der Waals surface area contributed by atoms with Crippen LogP contribution in [0.2, 0.25) is 0 Å². The molecule has 0 aromatic carbocycles. The summed E-state index contributed by atoms with van der Waals surface area (Å²) in [6.45, 7) is 1.35. The van der Waals surface area contributed by atoms with Gasteiger partial charge >= 0.3 is 11.5 Å². The second-order valence-electron chi connectivity index (χ2n) is 4.90. The number of methoxy groups -OCH3 is 1. The third-order valence-electron chi connectivity index (χ3n) is 3.66. The SMILES string of the molecule is COc1c(C(=O)O)nc2cc(C3CCOCC3)[nH]n2c1=O. The normalized spacial score (nSPS) is 16.2. The third kappa shape index (κ3) is 2.27. The highest BCUT2D eigenvalue weighted by Gasteiger charge is 2.23. The van der Waals surface area contributed by atoms with E-state index in [1.807, 2.05) is 0 Å². The first-order valence-electron chi connectivity index (χ1n) is 6.62. The number of aromatic carboxylic acids is 1. The fourth-order valence-corrected chi connectivity index (χ4v) is 2.57. The fraction of sp³-hybridized carbons (Fsp3) is 0.462. The lowest BCUT2D eigenvalue weighted by Gasteiger charge is -2.20. The van der Waals surface area contributed by atoms with Gasteiger partial charge in [0.05, 0.1) is 7.11 Å². The lowest BCUT2D eigenvalue weighted by Crippen LogP contribution is -2.22. The predicted octanol–water partition coefficient (Wildman–Crippen LogP) is 0.623. The summed E-state index contributed by atoms with van der Waals surface area (Å²) in [6, 6.07) is 1.71. The van der Waals surface area contributed by atoms with E-state index in [2.05, 4.69) is 10.1 Å². The van der Waals surface area contributed by atoms with Crippen molar-refractivity contribution in [2.75, 3.05) is 20.3 Å². The number of fused-ring (bicyclic) bond motifs is 1. The molecule has 21 heavy (non-hydrogen) atoms. The molecule has 0 radical (unpaired) electrons. The summed E-state index contributed by atoms with van der Waals surface area (Å²) in [4.78, 5) is 27.4. The van der Waals surface area contributed by atoms with E-state index in [4.69, 9.17) is 14.6 Å². The lowest BCUT2D eigenvalue weighted by molar-refractivity contribution is 0.0686. The number of nitrogens with one attached hydrogen (secondary N) is 1. The predicted molar refractivity (Wildman–Crippen MR) is 72.1 cm³/mol. The maximum atomic E-state index is 12.3. The Morgan fingerprint density at radius 1 is 1.52 bits per heavy atom. The number of hydrogen-bond donors (Lipinski definition) is 2. The molecule has 0 unspecified atom stereocenters. The number of carbonyl (C=O) groups is 1. The van der Waals surface area contributed by atoms with E-state index >= 15 is 0 Å². The molecule has 2 aromatic rings. The van der Waals surface area contributed by atoms with Gasteiger partial charge in [0.1, 0.15) is 0 Å². The van der Waals surface area contributed by atoms with Gasteiger partial charge in [0.2, 0.25) is 5.75 Å². The maximum absolute atomic E-state index is 12.3. The Balaban J connectivity index is 2.14. The summed E-state index contributed by atoms with van der Waals surface area (Å²) in [5.74, 6) is -1.32. The Hall–Kier alpha value is -2.35. The van der Waals surface area contributed by atoms with Crippen molar-refractivity contribution in [3.8, 4) is 5.75 Å². The Morgan fingerprint density at radius 3 is 2.86 bits per heavy atom. The Labute approximate surface area is 119 Å². The Kier molecular flexibility index (Phi) is 3.38. The van der Waals surface area contributed by atoms with Crippen LogP contribution in [0.25, 0.3) is 5.65 Å². The number of aromatic nitrogens is 3. The van der Waals surface area contributed by atoms with Crippen molar-refractivity contribution in [3.63, 3.8) is 0 Å². The molecule has 1 aliphatic heterocycles. The van der Waals surface area contributed by atoms with Gasteiger partial charge in [-0.15, -0.1) is 0 Å². The smallest absolute Gasteiger partial charge is 0.358 e. The summed E-state index contributed by atoms with van der Waals surface area (Å²) >= 11 is 0. The first-order valence-corrected chi connectivity index (χ1v) is 6.62. The number of ether oxygens (including phenoxy) is 2. The minimum Gasteiger partial charge on any atom is -0.489 e. The van der Waals surface area contributed by atoms with Gasteiger partial charge < -0.3 is 14.6 Å². The van der Waals surface area contributed by atoms with Crippen molar-refractivity contribution >= 4 is 11.6 Å². The number of aromatic amines is 1. The minimum absolute atomic E-state index is 0.249. The molecule has 8 heteroatoms. The van der Waals surface area contributed by atoms with Crippen LogP contribution in [0.4, 0.5) is 0 Å². The van der Waals surface area contributed by atoms with Crippen molar-refractivity contribution in [2.45, 2.75) is 18.8 Å².